The van der Waals surface area contributed by atoms with Gasteiger partial charge in [-0.2, -0.15) is 5.10 Å². The van der Waals surface area contributed by atoms with Gasteiger partial charge in [-0.05, 0) is 44.7 Å². The molecule has 0 aromatic carbocycles. The molecule has 1 unspecified atom stereocenters. The zero-order chi connectivity index (χ0) is 22.8. The summed E-state index contributed by atoms with van der Waals surface area (Å²) < 4.78 is 6.71. The molecule has 2 aliphatic rings. The van der Waals surface area contributed by atoms with E-state index in [2.05, 4.69) is 35.5 Å². The Morgan fingerprint density at radius 2 is 1.97 bits per heavy atom. The second kappa shape index (κ2) is 9.22. The van der Waals surface area contributed by atoms with E-state index in [-0.39, 0.29) is 23.7 Å². The molecule has 1 amide bonds. The van der Waals surface area contributed by atoms with Gasteiger partial charge in [0.2, 0.25) is 5.91 Å². The van der Waals surface area contributed by atoms with E-state index in [9.17, 15) is 9.59 Å². The fourth-order valence-corrected chi connectivity index (χ4v) is 5.31. The molecular weight excluding hydrogens is 444 g/mol. The maximum absolute atomic E-state index is 12.8. The Labute approximate surface area is 194 Å². The number of thiazole rings is 1. The monoisotopic (exact) mass is 468 g/mol. The van der Waals surface area contributed by atoms with Gasteiger partial charge in [0.05, 0.1) is 12.3 Å². The first-order chi connectivity index (χ1) is 16.1. The van der Waals surface area contributed by atoms with Gasteiger partial charge >= 0.3 is 5.97 Å². The number of carbonyl (C=O) groups excluding carboxylic acids is 2. The molecule has 1 fully saturated rings. The highest BCUT2D eigenvalue weighted by Gasteiger charge is 2.34. The first-order valence-corrected chi connectivity index (χ1v) is 11.8. The number of rotatable bonds is 6. The molecule has 0 bridgehead atoms. The number of nitrogens with one attached hydrogen (secondary N) is 1. The Kier molecular flexibility index (Phi) is 5.99. The molecular formula is C21H24N8O3S. The number of carbonyl (C=O) groups is 2. The van der Waals surface area contributed by atoms with Gasteiger partial charge in [0.1, 0.15) is 18.6 Å². The number of anilines is 2. The van der Waals surface area contributed by atoms with Gasteiger partial charge in [-0.1, -0.05) is 0 Å². The van der Waals surface area contributed by atoms with E-state index in [4.69, 9.17) is 4.74 Å². The highest BCUT2D eigenvalue weighted by molar-refractivity contribution is 7.16. The number of piperidine rings is 1. The number of ether oxygens (including phenoxy) is 1. The molecule has 0 radical (unpaired) electrons. The summed E-state index contributed by atoms with van der Waals surface area (Å²) in [4.78, 5) is 36.6. The number of fused-ring (bicyclic) bond motifs is 1. The third-order valence-electron chi connectivity index (χ3n) is 6.00. The fourth-order valence-electron chi connectivity index (χ4n) is 4.27. The zero-order valence-corrected chi connectivity index (χ0v) is 19.0. The van der Waals surface area contributed by atoms with Crippen molar-refractivity contribution in [3.05, 3.63) is 35.4 Å². The standard InChI is InChI=1S/C21H24N8O3S/c1-2-32-20(31)14-3-4-15-18(14)24-21(33-15)25-19(30)13-7-9-28(10-8-13)16-5-6-17(27-26-16)29-12-22-11-23-29/h5-6,11-14H,2-4,7-10H2,1H3,(H,24,25,30). The first-order valence-electron chi connectivity index (χ1n) is 11.0. The van der Waals surface area contributed by atoms with E-state index in [0.29, 0.717) is 17.6 Å². The summed E-state index contributed by atoms with van der Waals surface area (Å²) >= 11 is 1.46. The lowest BCUT2D eigenvalue weighted by Crippen LogP contribution is -2.38. The normalized spacial score (nSPS) is 18.2. The molecule has 1 N–H and O–H groups in total. The third-order valence-corrected chi connectivity index (χ3v) is 7.04. The van der Waals surface area contributed by atoms with Gasteiger partial charge in [-0.25, -0.2) is 14.6 Å². The molecule has 33 heavy (non-hydrogen) atoms. The van der Waals surface area contributed by atoms with Crippen LogP contribution in [0.4, 0.5) is 10.9 Å². The second-order valence-electron chi connectivity index (χ2n) is 8.01. The molecule has 0 saturated carbocycles. The van der Waals surface area contributed by atoms with Crippen molar-refractivity contribution >= 4 is 34.2 Å². The van der Waals surface area contributed by atoms with Gasteiger partial charge in [0.15, 0.2) is 16.8 Å². The van der Waals surface area contributed by atoms with Gasteiger partial charge in [0.25, 0.3) is 0 Å². The Morgan fingerprint density at radius 3 is 2.67 bits per heavy atom. The third kappa shape index (κ3) is 4.42. The molecule has 3 aromatic rings. The van der Waals surface area contributed by atoms with Crippen LogP contribution < -0.4 is 10.2 Å². The Bertz CT molecular complexity index is 1120. The number of hydrogen-bond acceptors (Lipinski definition) is 10. The van der Waals surface area contributed by atoms with E-state index in [1.54, 1.807) is 17.9 Å². The van der Waals surface area contributed by atoms with Gasteiger partial charge in [-0.15, -0.1) is 21.5 Å². The Balaban J connectivity index is 1.16. The van der Waals surface area contributed by atoms with Crippen molar-refractivity contribution < 1.29 is 14.3 Å². The van der Waals surface area contributed by atoms with Crippen molar-refractivity contribution in [1.82, 2.24) is 29.9 Å². The lowest BCUT2D eigenvalue weighted by molar-refractivity contribution is -0.145. The molecule has 11 nitrogen and oxygen atoms in total. The number of nitrogens with zero attached hydrogens (tertiary/aromatic N) is 7. The predicted molar refractivity (Wildman–Crippen MR) is 120 cm³/mol. The number of aromatic nitrogens is 6. The second-order valence-corrected chi connectivity index (χ2v) is 9.09. The summed E-state index contributed by atoms with van der Waals surface area (Å²) in [5, 5.41) is 16.1. The van der Waals surface area contributed by atoms with Crippen molar-refractivity contribution in [1.29, 1.82) is 0 Å². The Hall–Kier alpha value is -3.41. The largest absolute Gasteiger partial charge is 0.465 e. The lowest BCUT2D eigenvalue weighted by atomic mass is 9.96. The van der Waals surface area contributed by atoms with Crippen molar-refractivity contribution in [2.75, 3.05) is 29.9 Å². The molecule has 1 atom stereocenters. The van der Waals surface area contributed by atoms with Crippen molar-refractivity contribution in [2.24, 2.45) is 5.92 Å². The average molecular weight is 469 g/mol. The van der Waals surface area contributed by atoms with E-state index < -0.39 is 0 Å². The smallest absolute Gasteiger partial charge is 0.315 e. The predicted octanol–water partition coefficient (Wildman–Crippen LogP) is 1.96. The van der Waals surface area contributed by atoms with Crippen molar-refractivity contribution in [3.63, 3.8) is 0 Å². The van der Waals surface area contributed by atoms with E-state index >= 15 is 0 Å². The van der Waals surface area contributed by atoms with Crippen LogP contribution in [0, 0.1) is 5.92 Å². The SMILES string of the molecule is CCOC(=O)C1CCc2sc(NC(=O)C3CCN(c4ccc(-n5cncn5)nn4)CC3)nc21. The minimum atomic E-state index is -0.317. The number of aryl methyl sites for hydroxylation is 1. The van der Waals surface area contributed by atoms with Crippen LogP contribution in [0.25, 0.3) is 5.82 Å². The maximum atomic E-state index is 12.8. The van der Waals surface area contributed by atoms with Crippen LogP contribution in [0.3, 0.4) is 0 Å². The summed E-state index contributed by atoms with van der Waals surface area (Å²) in [7, 11) is 0. The van der Waals surface area contributed by atoms with E-state index in [0.717, 1.165) is 55.2 Å². The summed E-state index contributed by atoms with van der Waals surface area (Å²) in [6.07, 6.45) is 5.97. The lowest BCUT2D eigenvalue weighted by Gasteiger charge is -2.31. The van der Waals surface area contributed by atoms with Crippen molar-refractivity contribution in [2.45, 2.75) is 38.5 Å². The highest BCUT2D eigenvalue weighted by atomic mass is 32.1. The summed E-state index contributed by atoms with van der Waals surface area (Å²) in [5.74, 6) is 0.710. The first kappa shape index (κ1) is 21.4. The molecule has 3 aromatic heterocycles. The molecule has 172 valence electrons. The quantitative estimate of drug-likeness (QED) is 0.540. The molecule has 5 rings (SSSR count). The summed E-state index contributed by atoms with van der Waals surface area (Å²) in [5.41, 5.74) is 0.761. The van der Waals surface area contributed by atoms with Crippen LogP contribution in [-0.2, 0) is 20.7 Å². The number of amides is 1. The number of hydrogen-bond donors (Lipinski definition) is 1. The fraction of sp³-hybridized carbons (Fsp3) is 0.476. The molecule has 1 saturated heterocycles. The molecule has 1 aliphatic carbocycles. The van der Waals surface area contributed by atoms with Crippen LogP contribution >= 0.6 is 11.3 Å². The van der Waals surface area contributed by atoms with Crippen LogP contribution in [0.2, 0.25) is 0 Å². The summed E-state index contributed by atoms with van der Waals surface area (Å²) in [6.45, 7) is 3.59. The summed E-state index contributed by atoms with van der Waals surface area (Å²) in [6, 6.07) is 3.75. The minimum absolute atomic E-state index is 0.0256. The van der Waals surface area contributed by atoms with Crippen LogP contribution in [0.1, 0.15) is 42.7 Å². The van der Waals surface area contributed by atoms with Gasteiger partial charge in [0, 0.05) is 23.9 Å². The topological polar surface area (TPSA) is 128 Å². The van der Waals surface area contributed by atoms with Crippen LogP contribution in [-0.4, -0.2) is 61.5 Å². The minimum Gasteiger partial charge on any atom is -0.465 e. The van der Waals surface area contributed by atoms with E-state index in [1.165, 1.54) is 17.7 Å². The van der Waals surface area contributed by atoms with Crippen LogP contribution in [0.15, 0.2) is 24.8 Å². The average Bonchev–Trinajstić information content (AvgIpc) is 3.57. The highest BCUT2D eigenvalue weighted by Crippen LogP contribution is 2.39. The molecule has 1 aliphatic heterocycles. The van der Waals surface area contributed by atoms with Gasteiger partial charge < -0.3 is 15.0 Å². The molecule has 12 heteroatoms. The zero-order valence-electron chi connectivity index (χ0n) is 18.2. The number of esters is 1. The molecule has 0 spiro atoms. The van der Waals surface area contributed by atoms with Gasteiger partial charge in [-0.3, -0.25) is 9.59 Å². The van der Waals surface area contributed by atoms with Crippen molar-refractivity contribution in [3.8, 4) is 5.82 Å². The van der Waals surface area contributed by atoms with Crippen LogP contribution in [0.5, 0.6) is 0 Å². The Morgan fingerprint density at radius 1 is 1.18 bits per heavy atom. The maximum Gasteiger partial charge on any atom is 0.315 e. The molecule has 4 heterocycles. The van der Waals surface area contributed by atoms with E-state index in [1.807, 2.05) is 12.1 Å².